The minimum absolute atomic E-state index is 0.136. The van der Waals surface area contributed by atoms with Crippen molar-refractivity contribution in [2.75, 3.05) is 6.54 Å². The third-order valence-electron chi connectivity index (χ3n) is 3.03. The Morgan fingerprint density at radius 1 is 1.50 bits per heavy atom. The number of hydrogen-bond acceptors (Lipinski definition) is 3. The minimum atomic E-state index is -0.489. The predicted molar refractivity (Wildman–Crippen MR) is 67.9 cm³/mol. The molecule has 18 heavy (non-hydrogen) atoms. The molecule has 0 aliphatic carbocycles. The Morgan fingerprint density at radius 2 is 2.22 bits per heavy atom. The number of likely N-dealkylation sites (tertiary alicyclic amines) is 1. The molecule has 1 fully saturated rings. The summed E-state index contributed by atoms with van der Waals surface area (Å²) in [6.45, 7) is 4.22. The summed E-state index contributed by atoms with van der Waals surface area (Å²) in [5.74, 6) is 0. The number of hydrogen-bond donors (Lipinski definition) is 1. The molecular weight excluding hydrogens is 230 g/mol. The molecule has 1 heterocycles. The first-order valence-electron chi connectivity index (χ1n) is 5.98. The fourth-order valence-electron chi connectivity index (χ4n) is 2.08. The Bertz CT molecular complexity index is 418. The predicted octanol–water partition coefficient (Wildman–Crippen LogP) is 1.94. The molecule has 1 aromatic carbocycles. The van der Waals surface area contributed by atoms with E-state index < -0.39 is 12.2 Å². The van der Waals surface area contributed by atoms with E-state index in [1.54, 1.807) is 6.08 Å². The highest BCUT2D eigenvalue weighted by atomic mass is 16.6. The Morgan fingerprint density at radius 3 is 2.89 bits per heavy atom. The van der Waals surface area contributed by atoms with Crippen LogP contribution < -0.4 is 0 Å². The van der Waals surface area contributed by atoms with Crippen LogP contribution in [0.2, 0.25) is 0 Å². The van der Waals surface area contributed by atoms with Gasteiger partial charge in [-0.2, -0.15) is 0 Å². The van der Waals surface area contributed by atoms with Gasteiger partial charge in [-0.25, -0.2) is 4.79 Å². The molecule has 0 radical (unpaired) electrons. The smallest absolute Gasteiger partial charge is 0.410 e. The van der Waals surface area contributed by atoms with Gasteiger partial charge in [0, 0.05) is 0 Å². The number of carbonyl (C=O) groups excluding carboxylic acids is 1. The van der Waals surface area contributed by atoms with Gasteiger partial charge < -0.3 is 9.84 Å². The lowest BCUT2D eigenvalue weighted by atomic mass is 10.2. The van der Waals surface area contributed by atoms with E-state index in [0.29, 0.717) is 13.0 Å². The number of benzene rings is 1. The number of β-amino-alcohol motifs (C(OH)–C–C–N with tert-alkyl or cyclic N) is 1. The molecular formula is C14H17NO3. The van der Waals surface area contributed by atoms with Crippen LogP contribution >= 0.6 is 0 Å². The van der Waals surface area contributed by atoms with Gasteiger partial charge in [-0.05, 0) is 12.0 Å². The van der Waals surface area contributed by atoms with Crippen molar-refractivity contribution in [1.29, 1.82) is 0 Å². The lowest BCUT2D eigenvalue weighted by Crippen LogP contribution is -2.35. The monoisotopic (exact) mass is 247 g/mol. The fraction of sp³-hybridized carbons (Fsp3) is 0.357. The highest BCUT2D eigenvalue weighted by molar-refractivity contribution is 5.69. The van der Waals surface area contributed by atoms with Crippen molar-refractivity contribution >= 4 is 6.09 Å². The Balaban J connectivity index is 1.90. The first kappa shape index (κ1) is 12.6. The van der Waals surface area contributed by atoms with Crippen LogP contribution in [0.1, 0.15) is 12.0 Å². The summed E-state index contributed by atoms with van der Waals surface area (Å²) in [6.07, 6.45) is 1.31. The summed E-state index contributed by atoms with van der Waals surface area (Å²) >= 11 is 0. The van der Waals surface area contributed by atoms with Gasteiger partial charge in [-0.1, -0.05) is 36.4 Å². The molecule has 0 aromatic heterocycles. The molecule has 0 saturated carbocycles. The first-order chi connectivity index (χ1) is 8.70. The molecule has 96 valence electrons. The second-order valence-corrected chi connectivity index (χ2v) is 4.39. The van der Waals surface area contributed by atoms with E-state index in [0.717, 1.165) is 5.56 Å². The molecule has 1 saturated heterocycles. The van der Waals surface area contributed by atoms with Crippen molar-refractivity contribution in [2.24, 2.45) is 0 Å². The van der Waals surface area contributed by atoms with Crippen molar-refractivity contribution < 1.29 is 14.6 Å². The fourth-order valence-corrected chi connectivity index (χ4v) is 2.08. The molecule has 1 amide bonds. The van der Waals surface area contributed by atoms with Gasteiger partial charge in [0.15, 0.2) is 0 Å². The highest BCUT2D eigenvalue weighted by Gasteiger charge is 2.33. The lowest BCUT2D eigenvalue weighted by Gasteiger charge is -2.20. The van der Waals surface area contributed by atoms with Crippen LogP contribution in [-0.2, 0) is 11.3 Å². The van der Waals surface area contributed by atoms with Crippen LogP contribution in [0, 0.1) is 0 Å². The van der Waals surface area contributed by atoms with Crippen molar-refractivity contribution in [3.63, 3.8) is 0 Å². The molecule has 1 aliphatic rings. The molecule has 0 bridgehead atoms. The van der Waals surface area contributed by atoms with Crippen LogP contribution in [0.5, 0.6) is 0 Å². The molecule has 2 atom stereocenters. The van der Waals surface area contributed by atoms with Crippen LogP contribution in [-0.4, -0.2) is 34.8 Å². The van der Waals surface area contributed by atoms with Gasteiger partial charge in [0.1, 0.15) is 6.61 Å². The Kier molecular flexibility index (Phi) is 3.99. The molecule has 2 rings (SSSR count). The zero-order valence-corrected chi connectivity index (χ0v) is 10.2. The molecule has 1 N–H and O–H groups in total. The summed E-state index contributed by atoms with van der Waals surface area (Å²) in [4.78, 5) is 13.4. The van der Waals surface area contributed by atoms with E-state index in [4.69, 9.17) is 4.74 Å². The van der Waals surface area contributed by atoms with E-state index in [2.05, 4.69) is 6.58 Å². The number of aliphatic hydroxyl groups is 1. The molecule has 0 spiro atoms. The Hall–Kier alpha value is -1.81. The van der Waals surface area contributed by atoms with Crippen LogP contribution in [0.15, 0.2) is 43.0 Å². The topological polar surface area (TPSA) is 49.8 Å². The lowest BCUT2D eigenvalue weighted by molar-refractivity contribution is 0.0920. The maximum absolute atomic E-state index is 11.9. The van der Waals surface area contributed by atoms with E-state index in [1.165, 1.54) is 4.90 Å². The van der Waals surface area contributed by atoms with Gasteiger partial charge in [0.25, 0.3) is 0 Å². The van der Waals surface area contributed by atoms with E-state index >= 15 is 0 Å². The third-order valence-corrected chi connectivity index (χ3v) is 3.03. The average Bonchev–Trinajstić information content (AvgIpc) is 2.78. The molecule has 1 aromatic rings. The minimum Gasteiger partial charge on any atom is -0.445 e. The summed E-state index contributed by atoms with van der Waals surface area (Å²) in [7, 11) is 0. The largest absolute Gasteiger partial charge is 0.445 e. The third kappa shape index (κ3) is 2.90. The number of amides is 1. The zero-order valence-electron chi connectivity index (χ0n) is 10.2. The van der Waals surface area contributed by atoms with Gasteiger partial charge in [0.05, 0.1) is 18.7 Å². The molecule has 1 aliphatic heterocycles. The second kappa shape index (κ2) is 5.69. The summed E-state index contributed by atoms with van der Waals surface area (Å²) in [5.41, 5.74) is 0.945. The standard InChI is InChI=1S/C14H17NO3/c1-2-12-8-13(16)9-15(12)14(17)18-10-11-6-4-3-5-7-11/h2-7,12-13,16H,1,8-10H2/t12-,13-/m1/s1. The van der Waals surface area contributed by atoms with Crippen molar-refractivity contribution in [2.45, 2.75) is 25.2 Å². The van der Waals surface area contributed by atoms with Gasteiger partial charge in [0.2, 0.25) is 0 Å². The van der Waals surface area contributed by atoms with E-state index in [9.17, 15) is 9.90 Å². The number of nitrogens with zero attached hydrogens (tertiary/aromatic N) is 1. The van der Waals surface area contributed by atoms with Crippen LogP contribution in [0.4, 0.5) is 4.79 Å². The quantitative estimate of drug-likeness (QED) is 0.830. The van der Waals surface area contributed by atoms with Crippen molar-refractivity contribution in [3.8, 4) is 0 Å². The molecule has 0 unspecified atom stereocenters. The number of aliphatic hydroxyl groups excluding tert-OH is 1. The molecule has 4 nitrogen and oxygen atoms in total. The van der Waals surface area contributed by atoms with Crippen molar-refractivity contribution in [3.05, 3.63) is 48.6 Å². The van der Waals surface area contributed by atoms with Gasteiger partial charge in [-0.15, -0.1) is 6.58 Å². The van der Waals surface area contributed by atoms with Crippen molar-refractivity contribution in [1.82, 2.24) is 4.90 Å². The summed E-state index contributed by atoms with van der Waals surface area (Å²) in [6, 6.07) is 9.37. The van der Waals surface area contributed by atoms with Crippen LogP contribution in [0.3, 0.4) is 0 Å². The van der Waals surface area contributed by atoms with Gasteiger partial charge in [-0.3, -0.25) is 4.90 Å². The Labute approximate surface area is 106 Å². The highest BCUT2D eigenvalue weighted by Crippen LogP contribution is 2.19. The van der Waals surface area contributed by atoms with E-state index in [1.807, 2.05) is 30.3 Å². The summed E-state index contributed by atoms with van der Waals surface area (Å²) in [5, 5.41) is 9.54. The van der Waals surface area contributed by atoms with Crippen LogP contribution in [0.25, 0.3) is 0 Å². The summed E-state index contributed by atoms with van der Waals surface area (Å²) < 4.78 is 5.22. The number of ether oxygens (including phenoxy) is 1. The maximum Gasteiger partial charge on any atom is 0.410 e. The van der Waals surface area contributed by atoms with E-state index in [-0.39, 0.29) is 12.6 Å². The maximum atomic E-state index is 11.9. The SMILES string of the molecule is C=C[C@@H]1C[C@@H](O)CN1C(=O)OCc1ccccc1. The number of carbonyl (C=O) groups is 1. The normalized spacial score (nSPS) is 22.8. The first-order valence-corrected chi connectivity index (χ1v) is 5.98. The average molecular weight is 247 g/mol. The van der Waals surface area contributed by atoms with Gasteiger partial charge >= 0.3 is 6.09 Å². The molecule has 4 heteroatoms. The number of rotatable bonds is 3. The zero-order chi connectivity index (χ0) is 13.0. The second-order valence-electron chi connectivity index (χ2n) is 4.39.